The van der Waals surface area contributed by atoms with Crippen molar-refractivity contribution in [3.8, 4) is 0 Å². The van der Waals surface area contributed by atoms with Gasteiger partial charge in [-0.25, -0.2) is 4.98 Å². The third-order valence-corrected chi connectivity index (χ3v) is 1.99. The van der Waals surface area contributed by atoms with Crippen molar-refractivity contribution in [2.45, 2.75) is 12.5 Å². The first kappa shape index (κ1) is 12.2. The molecule has 1 atom stereocenters. The van der Waals surface area contributed by atoms with Crippen LogP contribution in [0.1, 0.15) is 16.3 Å². The predicted molar refractivity (Wildman–Crippen MR) is 55.9 cm³/mol. The Morgan fingerprint density at radius 1 is 1.62 bits per heavy atom. The van der Waals surface area contributed by atoms with Crippen molar-refractivity contribution >= 4 is 11.9 Å². The summed E-state index contributed by atoms with van der Waals surface area (Å²) in [7, 11) is 3.21. The van der Waals surface area contributed by atoms with Gasteiger partial charge in [-0.2, -0.15) is 0 Å². The highest BCUT2D eigenvalue weighted by molar-refractivity contribution is 5.90. The molecular formula is C9H14N4O3. The van der Waals surface area contributed by atoms with Gasteiger partial charge in [0.15, 0.2) is 5.82 Å². The maximum Gasteiger partial charge on any atom is 0.320 e. The summed E-state index contributed by atoms with van der Waals surface area (Å²) in [4.78, 5) is 29.9. The zero-order valence-electron chi connectivity index (χ0n) is 9.10. The largest absolute Gasteiger partial charge is 0.480 e. The van der Waals surface area contributed by atoms with Gasteiger partial charge in [-0.15, -0.1) is 0 Å². The lowest BCUT2D eigenvalue weighted by molar-refractivity contribution is -0.138. The molecular weight excluding hydrogens is 212 g/mol. The number of rotatable bonds is 4. The Kier molecular flexibility index (Phi) is 3.62. The summed E-state index contributed by atoms with van der Waals surface area (Å²) in [5.74, 6) is -1.18. The van der Waals surface area contributed by atoms with Crippen LogP contribution in [0.2, 0.25) is 0 Å². The molecule has 7 nitrogen and oxygen atoms in total. The quantitative estimate of drug-likeness (QED) is 0.613. The first-order chi connectivity index (χ1) is 7.41. The maximum atomic E-state index is 11.5. The molecule has 0 radical (unpaired) electrons. The molecule has 0 bridgehead atoms. The Labute approximate surface area is 92.3 Å². The molecule has 7 heteroatoms. The van der Waals surface area contributed by atoms with E-state index in [4.69, 9.17) is 10.8 Å². The molecule has 0 fully saturated rings. The minimum Gasteiger partial charge on any atom is -0.480 e. The van der Waals surface area contributed by atoms with Gasteiger partial charge in [0.05, 0.1) is 0 Å². The van der Waals surface area contributed by atoms with E-state index in [1.54, 1.807) is 14.1 Å². The van der Waals surface area contributed by atoms with Crippen molar-refractivity contribution in [2.24, 2.45) is 5.73 Å². The summed E-state index contributed by atoms with van der Waals surface area (Å²) in [6.07, 6.45) is 1.53. The number of hydrogen-bond donors (Lipinski definition) is 3. The number of aromatic nitrogens is 2. The number of nitrogens with one attached hydrogen (secondary N) is 1. The van der Waals surface area contributed by atoms with E-state index in [9.17, 15) is 9.59 Å². The second kappa shape index (κ2) is 4.75. The fourth-order valence-corrected chi connectivity index (χ4v) is 1.11. The number of carboxylic acids is 1. The second-order valence-corrected chi connectivity index (χ2v) is 3.61. The predicted octanol–water partition coefficient (Wildman–Crippen LogP) is -0.934. The average molecular weight is 226 g/mol. The molecule has 1 heterocycles. The summed E-state index contributed by atoms with van der Waals surface area (Å²) in [6, 6.07) is -0.997. The standard InChI is InChI=1S/C9H14N4O3/c1-13(2)8(14)7-11-4-5(12-7)3-6(10)9(15)16/h4,6H,3,10H2,1-2H3,(H,11,12)(H,15,16). The number of H-pyrrole nitrogens is 1. The summed E-state index contributed by atoms with van der Waals surface area (Å²) in [5.41, 5.74) is 5.88. The van der Waals surface area contributed by atoms with Crippen molar-refractivity contribution in [1.82, 2.24) is 14.9 Å². The van der Waals surface area contributed by atoms with Crippen LogP contribution in [0.25, 0.3) is 0 Å². The number of amides is 1. The SMILES string of the molecule is CN(C)C(=O)c1ncc(CC(N)C(=O)O)[nH]1. The van der Waals surface area contributed by atoms with Crippen molar-refractivity contribution in [3.05, 3.63) is 17.7 Å². The molecule has 1 rings (SSSR count). The van der Waals surface area contributed by atoms with Gasteiger partial charge in [0.25, 0.3) is 5.91 Å². The van der Waals surface area contributed by atoms with E-state index < -0.39 is 12.0 Å². The molecule has 0 aromatic carbocycles. The van der Waals surface area contributed by atoms with E-state index in [2.05, 4.69) is 9.97 Å². The molecule has 1 aromatic rings. The summed E-state index contributed by atoms with van der Waals surface area (Å²) < 4.78 is 0. The van der Waals surface area contributed by atoms with E-state index in [0.717, 1.165) is 0 Å². The van der Waals surface area contributed by atoms with E-state index in [1.807, 2.05) is 0 Å². The topological polar surface area (TPSA) is 112 Å². The smallest absolute Gasteiger partial charge is 0.320 e. The van der Waals surface area contributed by atoms with Gasteiger partial charge in [0, 0.05) is 32.4 Å². The Balaban J connectivity index is 2.72. The van der Waals surface area contributed by atoms with Crippen LogP contribution in [0.3, 0.4) is 0 Å². The molecule has 1 unspecified atom stereocenters. The van der Waals surface area contributed by atoms with Gasteiger partial charge in [-0.3, -0.25) is 9.59 Å². The van der Waals surface area contributed by atoms with Crippen molar-refractivity contribution < 1.29 is 14.7 Å². The zero-order chi connectivity index (χ0) is 12.3. The molecule has 1 aromatic heterocycles. The molecule has 0 aliphatic carbocycles. The summed E-state index contributed by atoms with van der Waals surface area (Å²) >= 11 is 0. The normalized spacial score (nSPS) is 12.2. The lowest BCUT2D eigenvalue weighted by Crippen LogP contribution is -2.32. The third kappa shape index (κ3) is 2.80. The first-order valence-corrected chi connectivity index (χ1v) is 4.65. The van der Waals surface area contributed by atoms with E-state index in [0.29, 0.717) is 5.69 Å². The fraction of sp³-hybridized carbons (Fsp3) is 0.444. The van der Waals surface area contributed by atoms with Crippen LogP contribution in [0.5, 0.6) is 0 Å². The number of nitrogens with zero attached hydrogens (tertiary/aromatic N) is 2. The fourth-order valence-electron chi connectivity index (χ4n) is 1.11. The second-order valence-electron chi connectivity index (χ2n) is 3.61. The summed E-state index contributed by atoms with van der Waals surface area (Å²) in [5, 5.41) is 8.61. The Morgan fingerprint density at radius 2 is 2.25 bits per heavy atom. The number of imidazole rings is 1. The zero-order valence-corrected chi connectivity index (χ0v) is 9.10. The Bertz CT molecular complexity index is 399. The van der Waals surface area contributed by atoms with Crippen molar-refractivity contribution in [1.29, 1.82) is 0 Å². The van der Waals surface area contributed by atoms with E-state index >= 15 is 0 Å². The number of hydrogen-bond acceptors (Lipinski definition) is 4. The highest BCUT2D eigenvalue weighted by Gasteiger charge is 2.16. The molecule has 0 saturated heterocycles. The molecule has 0 aliphatic rings. The van der Waals surface area contributed by atoms with Gasteiger partial charge in [0.1, 0.15) is 6.04 Å². The Morgan fingerprint density at radius 3 is 2.75 bits per heavy atom. The van der Waals surface area contributed by atoms with Gasteiger partial charge < -0.3 is 20.7 Å². The van der Waals surface area contributed by atoms with Crippen LogP contribution in [-0.4, -0.2) is 52.0 Å². The van der Waals surface area contributed by atoms with Gasteiger partial charge in [-0.05, 0) is 0 Å². The maximum absolute atomic E-state index is 11.5. The lowest BCUT2D eigenvalue weighted by Gasteiger charge is -2.07. The molecule has 4 N–H and O–H groups in total. The molecule has 88 valence electrons. The van der Waals surface area contributed by atoms with Crippen LogP contribution in [-0.2, 0) is 11.2 Å². The van der Waals surface area contributed by atoms with E-state index in [1.165, 1.54) is 11.1 Å². The number of carbonyl (C=O) groups excluding carboxylic acids is 1. The number of aliphatic carboxylic acids is 1. The average Bonchev–Trinajstić information content (AvgIpc) is 2.64. The lowest BCUT2D eigenvalue weighted by atomic mass is 10.2. The molecule has 0 saturated carbocycles. The van der Waals surface area contributed by atoms with Gasteiger partial charge >= 0.3 is 5.97 Å². The van der Waals surface area contributed by atoms with Crippen LogP contribution in [0, 0.1) is 0 Å². The highest BCUT2D eigenvalue weighted by atomic mass is 16.4. The number of aromatic amines is 1. The van der Waals surface area contributed by atoms with Gasteiger partial charge in [0.2, 0.25) is 0 Å². The Hall–Kier alpha value is -1.89. The molecule has 0 aliphatic heterocycles. The first-order valence-electron chi connectivity index (χ1n) is 4.65. The monoisotopic (exact) mass is 226 g/mol. The molecule has 0 spiro atoms. The number of nitrogens with two attached hydrogens (primary N) is 1. The molecule has 16 heavy (non-hydrogen) atoms. The molecule has 1 amide bonds. The van der Waals surface area contributed by atoms with Gasteiger partial charge in [-0.1, -0.05) is 0 Å². The minimum atomic E-state index is -1.09. The number of carboxylic acid groups (broad SMARTS) is 1. The van der Waals surface area contributed by atoms with Crippen molar-refractivity contribution in [2.75, 3.05) is 14.1 Å². The van der Waals surface area contributed by atoms with Crippen LogP contribution < -0.4 is 5.73 Å². The minimum absolute atomic E-state index is 0.114. The van der Waals surface area contributed by atoms with E-state index in [-0.39, 0.29) is 18.2 Å². The third-order valence-electron chi connectivity index (χ3n) is 1.99. The van der Waals surface area contributed by atoms with Crippen LogP contribution >= 0.6 is 0 Å². The highest BCUT2D eigenvalue weighted by Crippen LogP contribution is 2.02. The number of carbonyl (C=O) groups is 2. The van der Waals surface area contributed by atoms with Crippen LogP contribution in [0.4, 0.5) is 0 Å². The van der Waals surface area contributed by atoms with Crippen LogP contribution in [0.15, 0.2) is 6.20 Å². The summed E-state index contributed by atoms with van der Waals surface area (Å²) in [6.45, 7) is 0. The van der Waals surface area contributed by atoms with Crippen molar-refractivity contribution in [3.63, 3.8) is 0 Å².